The first-order valence-electron chi connectivity index (χ1n) is 25.5. The van der Waals surface area contributed by atoms with E-state index in [-0.39, 0.29) is 12.5 Å². The van der Waals surface area contributed by atoms with Crippen molar-refractivity contribution in [1.82, 2.24) is 5.32 Å². The normalized spacial score (nSPS) is 20.9. The quantitative estimate of drug-likeness (QED) is 0.0262. The number of aliphatic hydroxyl groups excluding tert-OH is 5. The van der Waals surface area contributed by atoms with Gasteiger partial charge in [0.15, 0.2) is 6.29 Å². The van der Waals surface area contributed by atoms with Gasteiger partial charge in [0.1, 0.15) is 24.4 Å². The highest BCUT2D eigenvalue weighted by molar-refractivity contribution is 5.76. The standard InChI is InChI=1S/C55H93NO8/c1-3-5-7-9-11-13-15-17-19-21-23-24-25-26-27-29-31-33-35-37-39-41-43-45-51(59)56-48(47-63-55-54(62)53(61)52(60)50(46-57)64-55)49(58)44-42-40-38-36-34-32-30-28-22-20-18-16-14-12-10-8-6-4-2/h5,7,11,13,17,19,22-24,26-28,34,36,42,44,48-50,52-55,57-58,60-62H,3-4,6,8-10,12,14-16,18,20-21,25,29-33,35,37-41,43,45-47H2,1-2H3,(H,56,59)/b7-5-,13-11-,19-17-,24-23-,27-26-,28-22+,36-34+,44-42+. The number of amides is 1. The summed E-state index contributed by atoms with van der Waals surface area (Å²) in [6.45, 7) is 3.62. The number of carbonyl (C=O) groups excluding carboxylic acids is 1. The Labute approximate surface area is 390 Å². The lowest BCUT2D eigenvalue weighted by Crippen LogP contribution is -2.60. The largest absolute Gasteiger partial charge is 0.394 e. The van der Waals surface area contributed by atoms with Gasteiger partial charge in [-0.3, -0.25) is 4.79 Å². The number of carbonyl (C=O) groups is 1. The lowest BCUT2D eigenvalue weighted by Gasteiger charge is -2.40. The Morgan fingerprint density at radius 2 is 0.984 bits per heavy atom. The summed E-state index contributed by atoms with van der Waals surface area (Å²) in [6, 6.07) is -0.841. The highest BCUT2D eigenvalue weighted by atomic mass is 16.7. The fraction of sp³-hybridized carbons (Fsp3) is 0.691. The molecule has 1 heterocycles. The molecule has 0 saturated carbocycles. The monoisotopic (exact) mass is 896 g/mol. The molecule has 0 aromatic heterocycles. The molecule has 1 saturated heterocycles. The van der Waals surface area contributed by atoms with E-state index < -0.39 is 49.5 Å². The zero-order chi connectivity index (χ0) is 46.6. The van der Waals surface area contributed by atoms with Crippen LogP contribution >= 0.6 is 0 Å². The van der Waals surface area contributed by atoms with Crippen molar-refractivity contribution in [1.29, 1.82) is 0 Å². The molecule has 1 aliphatic heterocycles. The summed E-state index contributed by atoms with van der Waals surface area (Å²) in [7, 11) is 0. The summed E-state index contributed by atoms with van der Waals surface area (Å²) >= 11 is 0. The molecule has 0 aliphatic carbocycles. The van der Waals surface area contributed by atoms with Crippen LogP contribution in [0.5, 0.6) is 0 Å². The molecule has 0 radical (unpaired) electrons. The zero-order valence-electron chi connectivity index (χ0n) is 40.2. The molecular weight excluding hydrogens is 803 g/mol. The molecule has 64 heavy (non-hydrogen) atoms. The van der Waals surface area contributed by atoms with Gasteiger partial charge < -0.3 is 40.3 Å². The van der Waals surface area contributed by atoms with E-state index in [0.717, 1.165) is 96.3 Å². The van der Waals surface area contributed by atoms with Crippen molar-refractivity contribution in [3.05, 3.63) is 97.2 Å². The molecule has 1 fully saturated rings. The van der Waals surface area contributed by atoms with Gasteiger partial charge in [-0.1, -0.05) is 188 Å². The van der Waals surface area contributed by atoms with Crippen LogP contribution in [0.1, 0.15) is 187 Å². The van der Waals surface area contributed by atoms with Gasteiger partial charge in [0.05, 0.1) is 25.4 Å². The van der Waals surface area contributed by atoms with E-state index in [2.05, 4.69) is 104 Å². The zero-order valence-corrected chi connectivity index (χ0v) is 40.2. The van der Waals surface area contributed by atoms with Crippen molar-refractivity contribution < 1.29 is 39.8 Å². The number of rotatable bonds is 41. The molecule has 0 bridgehead atoms. The molecule has 7 unspecified atom stereocenters. The summed E-state index contributed by atoms with van der Waals surface area (Å²) in [4.78, 5) is 13.0. The van der Waals surface area contributed by atoms with Gasteiger partial charge in [-0.25, -0.2) is 0 Å². The van der Waals surface area contributed by atoms with Crippen molar-refractivity contribution in [3.8, 4) is 0 Å². The highest BCUT2D eigenvalue weighted by Crippen LogP contribution is 2.22. The van der Waals surface area contributed by atoms with Crippen molar-refractivity contribution in [2.45, 2.75) is 230 Å². The fourth-order valence-electron chi connectivity index (χ4n) is 7.33. The minimum Gasteiger partial charge on any atom is -0.394 e. The van der Waals surface area contributed by atoms with E-state index in [1.54, 1.807) is 6.08 Å². The van der Waals surface area contributed by atoms with E-state index in [1.807, 2.05) is 6.08 Å². The van der Waals surface area contributed by atoms with Crippen molar-refractivity contribution in [3.63, 3.8) is 0 Å². The third-order valence-corrected chi connectivity index (χ3v) is 11.4. The average molecular weight is 896 g/mol. The molecule has 0 aromatic carbocycles. The first-order chi connectivity index (χ1) is 31.3. The van der Waals surface area contributed by atoms with Crippen LogP contribution in [0.4, 0.5) is 0 Å². The Balaban J connectivity index is 2.35. The maximum atomic E-state index is 13.0. The molecule has 0 aromatic rings. The van der Waals surface area contributed by atoms with Crippen LogP contribution in [-0.4, -0.2) is 87.5 Å². The van der Waals surface area contributed by atoms with Gasteiger partial charge in [0, 0.05) is 6.42 Å². The third-order valence-electron chi connectivity index (χ3n) is 11.4. The molecule has 7 atom stereocenters. The van der Waals surface area contributed by atoms with Crippen molar-refractivity contribution in [2.24, 2.45) is 0 Å². The number of hydrogen-bond acceptors (Lipinski definition) is 8. The smallest absolute Gasteiger partial charge is 0.220 e. The fourth-order valence-corrected chi connectivity index (χ4v) is 7.33. The Hall–Kier alpha value is -2.89. The van der Waals surface area contributed by atoms with Crippen LogP contribution < -0.4 is 5.32 Å². The predicted octanol–water partition coefficient (Wildman–Crippen LogP) is 11.7. The van der Waals surface area contributed by atoms with E-state index in [0.29, 0.717) is 6.42 Å². The summed E-state index contributed by atoms with van der Waals surface area (Å²) in [5.74, 6) is -0.207. The third kappa shape index (κ3) is 33.6. The van der Waals surface area contributed by atoms with Gasteiger partial charge in [0.25, 0.3) is 0 Å². The van der Waals surface area contributed by atoms with Crippen LogP contribution in [0.15, 0.2) is 97.2 Å². The maximum Gasteiger partial charge on any atom is 0.220 e. The van der Waals surface area contributed by atoms with E-state index in [4.69, 9.17) is 9.47 Å². The highest BCUT2D eigenvalue weighted by Gasteiger charge is 2.44. The number of unbranched alkanes of at least 4 members (excludes halogenated alkanes) is 17. The van der Waals surface area contributed by atoms with E-state index in [9.17, 15) is 30.3 Å². The Morgan fingerprint density at radius 3 is 1.50 bits per heavy atom. The molecule has 366 valence electrons. The minimum atomic E-state index is -1.58. The molecule has 1 amide bonds. The van der Waals surface area contributed by atoms with Gasteiger partial charge in [-0.05, 0) is 89.9 Å². The maximum absolute atomic E-state index is 13.0. The number of hydrogen-bond donors (Lipinski definition) is 6. The Morgan fingerprint density at radius 1 is 0.547 bits per heavy atom. The second kappa shape index (κ2) is 44.0. The van der Waals surface area contributed by atoms with Gasteiger partial charge >= 0.3 is 0 Å². The minimum absolute atomic E-state index is 0.207. The predicted molar refractivity (Wildman–Crippen MR) is 267 cm³/mol. The molecule has 1 rings (SSSR count). The molecule has 0 spiro atoms. The van der Waals surface area contributed by atoms with Crippen LogP contribution in [0.2, 0.25) is 0 Å². The molecular formula is C55H93NO8. The van der Waals surface area contributed by atoms with Gasteiger partial charge in [0.2, 0.25) is 5.91 Å². The number of ether oxygens (including phenoxy) is 2. The van der Waals surface area contributed by atoms with Crippen LogP contribution in [0, 0.1) is 0 Å². The SMILES string of the molecule is CC/C=C\C/C=C\C/C=C\C/C=C\C/C=C\CCCCCCCCCC(=O)NC(COC1OC(CO)C(O)C(O)C1O)C(O)/C=C/CC/C=C/CC/C=C/CCCCCCCCCC. The van der Waals surface area contributed by atoms with E-state index >= 15 is 0 Å². The molecule has 9 heteroatoms. The Bertz CT molecular complexity index is 1320. The van der Waals surface area contributed by atoms with E-state index in [1.165, 1.54) is 70.6 Å². The lowest BCUT2D eigenvalue weighted by molar-refractivity contribution is -0.302. The number of allylic oxidation sites excluding steroid dienone is 15. The summed E-state index contributed by atoms with van der Waals surface area (Å²) in [5.41, 5.74) is 0. The summed E-state index contributed by atoms with van der Waals surface area (Å²) < 4.78 is 11.2. The molecule has 1 aliphatic rings. The average Bonchev–Trinajstić information content (AvgIpc) is 3.29. The summed E-state index contributed by atoms with van der Waals surface area (Å²) in [6.07, 6.45) is 55.9. The number of aliphatic hydroxyl groups is 5. The second-order valence-electron chi connectivity index (χ2n) is 17.2. The lowest BCUT2D eigenvalue weighted by atomic mass is 9.99. The van der Waals surface area contributed by atoms with Crippen molar-refractivity contribution in [2.75, 3.05) is 13.2 Å². The molecule has 6 N–H and O–H groups in total. The van der Waals surface area contributed by atoms with Gasteiger partial charge in [-0.2, -0.15) is 0 Å². The Kier molecular flexibility index (Phi) is 40.6. The van der Waals surface area contributed by atoms with Crippen LogP contribution in [0.25, 0.3) is 0 Å². The number of nitrogens with one attached hydrogen (secondary N) is 1. The van der Waals surface area contributed by atoms with Crippen molar-refractivity contribution >= 4 is 5.91 Å². The topological polar surface area (TPSA) is 149 Å². The second-order valence-corrected chi connectivity index (χ2v) is 17.2. The molecule has 9 nitrogen and oxygen atoms in total. The van der Waals surface area contributed by atoms with Crippen LogP contribution in [0.3, 0.4) is 0 Å². The van der Waals surface area contributed by atoms with Crippen LogP contribution in [-0.2, 0) is 14.3 Å². The first kappa shape index (κ1) is 59.1. The first-order valence-corrected chi connectivity index (χ1v) is 25.5. The van der Waals surface area contributed by atoms with Gasteiger partial charge in [-0.15, -0.1) is 0 Å². The summed E-state index contributed by atoms with van der Waals surface area (Å²) in [5, 5.41) is 54.3.